The Labute approximate surface area is 176 Å². The Bertz CT molecular complexity index is 1070. The van der Waals surface area contributed by atoms with Gasteiger partial charge >= 0.3 is 0 Å². The highest BCUT2D eigenvalue weighted by Crippen LogP contribution is 2.38. The van der Waals surface area contributed by atoms with Gasteiger partial charge in [-0.25, -0.2) is 9.37 Å². The van der Waals surface area contributed by atoms with Gasteiger partial charge in [-0.15, -0.1) is 0 Å². The molecule has 158 valence electrons. The van der Waals surface area contributed by atoms with Gasteiger partial charge in [0, 0.05) is 48.1 Å². The van der Waals surface area contributed by atoms with E-state index < -0.39 is 0 Å². The smallest absolute Gasteiger partial charge is 0.254 e. The van der Waals surface area contributed by atoms with E-state index in [0.29, 0.717) is 30.0 Å². The zero-order valence-electron chi connectivity index (χ0n) is 18.1. The fraction of sp³-hybridized carbons (Fsp3) is 0.435. The van der Waals surface area contributed by atoms with Gasteiger partial charge in [0.1, 0.15) is 5.83 Å². The maximum absolute atomic E-state index is 13.8. The fourth-order valence-corrected chi connectivity index (χ4v) is 4.65. The summed E-state index contributed by atoms with van der Waals surface area (Å²) in [6, 6.07) is 1.59. The lowest BCUT2D eigenvalue weighted by Crippen LogP contribution is -2.39. The lowest BCUT2D eigenvalue weighted by atomic mass is 9.87. The van der Waals surface area contributed by atoms with Crippen LogP contribution in [0, 0.1) is 6.92 Å². The van der Waals surface area contributed by atoms with Crippen LogP contribution >= 0.6 is 0 Å². The monoisotopic (exact) mass is 410 g/mol. The van der Waals surface area contributed by atoms with Crippen LogP contribution in [0.2, 0.25) is 0 Å². The van der Waals surface area contributed by atoms with Crippen LogP contribution < -0.4 is 4.74 Å². The first-order valence-electron chi connectivity index (χ1n) is 10.2. The van der Waals surface area contributed by atoms with Gasteiger partial charge in [-0.2, -0.15) is 5.10 Å². The molecule has 3 heterocycles. The van der Waals surface area contributed by atoms with Crippen molar-refractivity contribution in [1.29, 1.82) is 0 Å². The number of carbonyl (C=O) groups is 1. The molecule has 1 aliphatic heterocycles. The van der Waals surface area contributed by atoms with Crippen molar-refractivity contribution < 1.29 is 13.9 Å². The van der Waals surface area contributed by atoms with Crippen molar-refractivity contribution >= 4 is 5.91 Å². The number of nitrogens with zero attached hydrogens (tertiary/aromatic N) is 4. The molecule has 0 bridgehead atoms. The topological polar surface area (TPSA) is 60.2 Å². The van der Waals surface area contributed by atoms with Crippen LogP contribution in [0.4, 0.5) is 4.39 Å². The quantitative estimate of drug-likeness (QED) is 0.762. The number of hydrogen-bond acceptors (Lipinski definition) is 4. The molecule has 2 atom stereocenters. The number of hydrogen-bond donors (Lipinski definition) is 0. The Kier molecular flexibility index (Phi) is 5.22. The van der Waals surface area contributed by atoms with Crippen LogP contribution in [0.5, 0.6) is 5.88 Å². The third-order valence-electron chi connectivity index (χ3n) is 6.26. The molecule has 0 radical (unpaired) electrons. The molecule has 4 rings (SSSR count). The number of halogens is 1. The minimum absolute atomic E-state index is 0.0445. The molecule has 0 N–H and O–H groups in total. The number of amides is 1. The van der Waals surface area contributed by atoms with Gasteiger partial charge in [0.15, 0.2) is 0 Å². The van der Waals surface area contributed by atoms with Crippen LogP contribution in [0.15, 0.2) is 35.8 Å². The summed E-state index contributed by atoms with van der Waals surface area (Å²) < 4.78 is 21.0. The van der Waals surface area contributed by atoms with Crippen molar-refractivity contribution in [3.8, 4) is 5.88 Å². The molecule has 2 aromatic heterocycles. The van der Waals surface area contributed by atoms with Crippen molar-refractivity contribution in [2.45, 2.75) is 45.6 Å². The van der Waals surface area contributed by atoms with Crippen molar-refractivity contribution in [2.75, 3.05) is 13.7 Å². The standard InChI is InChI=1S/C23H27FN4O2/c1-13-12-16(6-7-19(13)24)21-18-9-11-28(15(3)20(18)26-27(21)4)23(29)17-8-10-25-22(30-5)14(17)2/h7-8,10,12,15-16H,6,9,11H2,1-5H3/t15-,16?/m0/s1. The number of pyridine rings is 1. The number of aryl methyl sites for hydroxylation is 1. The number of aromatic nitrogens is 3. The zero-order chi connectivity index (χ0) is 21.6. The van der Waals surface area contributed by atoms with E-state index in [9.17, 15) is 9.18 Å². The van der Waals surface area contributed by atoms with Crippen molar-refractivity contribution in [1.82, 2.24) is 19.7 Å². The number of allylic oxidation sites excluding steroid dienone is 4. The second kappa shape index (κ2) is 7.70. The third kappa shape index (κ3) is 3.22. The molecule has 2 aromatic rings. The molecule has 1 unspecified atom stereocenters. The van der Waals surface area contributed by atoms with Crippen LogP contribution in [0.1, 0.15) is 65.1 Å². The summed E-state index contributed by atoms with van der Waals surface area (Å²) in [6.45, 7) is 6.27. The molecule has 1 amide bonds. The highest BCUT2D eigenvalue weighted by atomic mass is 19.1. The van der Waals surface area contributed by atoms with Crippen molar-refractivity contribution in [2.24, 2.45) is 7.05 Å². The second-order valence-electron chi connectivity index (χ2n) is 8.03. The maximum Gasteiger partial charge on any atom is 0.254 e. The van der Waals surface area contributed by atoms with E-state index in [1.807, 2.05) is 36.6 Å². The molecular formula is C23H27FN4O2. The summed E-state index contributed by atoms with van der Waals surface area (Å²) in [5.74, 6) is 0.380. The summed E-state index contributed by atoms with van der Waals surface area (Å²) >= 11 is 0. The SMILES string of the molecule is COc1nccc(C(=O)N2CCc3c(nn(C)c3C3C=C(C)C(F)=CC3)[C@@H]2C)c1C. The van der Waals surface area contributed by atoms with E-state index in [4.69, 9.17) is 9.84 Å². The molecular weight excluding hydrogens is 383 g/mol. The molecule has 1 aliphatic carbocycles. The van der Waals surface area contributed by atoms with E-state index >= 15 is 0 Å². The van der Waals surface area contributed by atoms with Gasteiger partial charge < -0.3 is 9.64 Å². The Morgan fingerprint density at radius 1 is 1.33 bits per heavy atom. The first kappa shape index (κ1) is 20.3. The van der Waals surface area contributed by atoms with Crippen molar-refractivity contribution in [3.63, 3.8) is 0 Å². The average molecular weight is 410 g/mol. The summed E-state index contributed by atoms with van der Waals surface area (Å²) in [6.07, 6.45) is 6.60. The number of methoxy groups -OCH3 is 1. The lowest BCUT2D eigenvalue weighted by molar-refractivity contribution is 0.0672. The minimum Gasteiger partial charge on any atom is -0.481 e. The Morgan fingerprint density at radius 3 is 2.80 bits per heavy atom. The van der Waals surface area contributed by atoms with E-state index in [0.717, 1.165) is 23.4 Å². The summed E-state index contributed by atoms with van der Waals surface area (Å²) in [5, 5.41) is 4.78. The van der Waals surface area contributed by atoms with Gasteiger partial charge in [0.2, 0.25) is 5.88 Å². The molecule has 7 heteroatoms. The van der Waals surface area contributed by atoms with Crippen LogP contribution in [-0.2, 0) is 13.5 Å². The van der Waals surface area contributed by atoms with Gasteiger partial charge in [0.05, 0.1) is 18.8 Å². The Balaban J connectivity index is 1.66. The maximum atomic E-state index is 13.8. The van der Waals surface area contributed by atoms with Crippen molar-refractivity contribution in [3.05, 3.63) is 63.9 Å². The van der Waals surface area contributed by atoms with Gasteiger partial charge in [0.25, 0.3) is 5.91 Å². The molecule has 0 aromatic carbocycles. The summed E-state index contributed by atoms with van der Waals surface area (Å²) in [7, 11) is 3.49. The number of ether oxygens (including phenoxy) is 1. The van der Waals surface area contributed by atoms with E-state index in [1.165, 1.54) is 5.56 Å². The molecule has 0 saturated heterocycles. The Hall–Kier alpha value is -2.96. The summed E-state index contributed by atoms with van der Waals surface area (Å²) in [5.41, 5.74) is 5.23. The predicted octanol–water partition coefficient (Wildman–Crippen LogP) is 4.18. The van der Waals surface area contributed by atoms with Gasteiger partial charge in [-0.3, -0.25) is 9.48 Å². The molecule has 0 fully saturated rings. The van der Waals surface area contributed by atoms with E-state index in [2.05, 4.69) is 4.98 Å². The van der Waals surface area contributed by atoms with Crippen LogP contribution in [0.25, 0.3) is 0 Å². The van der Waals surface area contributed by atoms with Gasteiger partial charge in [-0.05, 0) is 51.3 Å². The number of rotatable bonds is 3. The molecule has 30 heavy (non-hydrogen) atoms. The number of carbonyl (C=O) groups excluding carboxylic acids is 1. The van der Waals surface area contributed by atoms with E-state index in [-0.39, 0.29) is 23.7 Å². The highest BCUT2D eigenvalue weighted by Gasteiger charge is 2.35. The first-order chi connectivity index (χ1) is 14.3. The molecule has 2 aliphatic rings. The van der Waals surface area contributed by atoms with E-state index in [1.54, 1.807) is 32.4 Å². The third-order valence-corrected chi connectivity index (χ3v) is 6.26. The zero-order valence-corrected chi connectivity index (χ0v) is 18.1. The lowest BCUT2D eigenvalue weighted by Gasteiger charge is -2.33. The molecule has 0 spiro atoms. The van der Waals surface area contributed by atoms with Crippen LogP contribution in [0.3, 0.4) is 0 Å². The fourth-order valence-electron chi connectivity index (χ4n) is 4.65. The molecule has 0 saturated carbocycles. The van der Waals surface area contributed by atoms with Gasteiger partial charge in [-0.1, -0.05) is 6.08 Å². The first-order valence-corrected chi connectivity index (χ1v) is 10.2. The highest BCUT2D eigenvalue weighted by molar-refractivity contribution is 5.96. The minimum atomic E-state index is -0.152. The predicted molar refractivity (Wildman–Crippen MR) is 112 cm³/mol. The Morgan fingerprint density at radius 2 is 2.10 bits per heavy atom. The number of fused-ring (bicyclic) bond motifs is 1. The summed E-state index contributed by atoms with van der Waals surface area (Å²) in [4.78, 5) is 19.4. The molecule has 6 nitrogen and oxygen atoms in total. The van der Waals surface area contributed by atoms with Crippen LogP contribution in [-0.4, -0.2) is 39.2 Å². The average Bonchev–Trinajstić information content (AvgIpc) is 3.07. The normalized spacial score (nSPS) is 21.1. The second-order valence-corrected chi connectivity index (χ2v) is 8.03. The largest absolute Gasteiger partial charge is 0.481 e.